The van der Waals surface area contributed by atoms with E-state index in [4.69, 9.17) is 9.15 Å². The minimum atomic E-state index is -0.215. The van der Waals surface area contributed by atoms with Crippen LogP contribution in [0.5, 0.6) is 5.75 Å². The molecule has 1 heterocycles. The van der Waals surface area contributed by atoms with Crippen molar-refractivity contribution in [1.82, 2.24) is 15.2 Å². The van der Waals surface area contributed by atoms with E-state index >= 15 is 0 Å². The van der Waals surface area contributed by atoms with Crippen molar-refractivity contribution in [2.75, 3.05) is 7.11 Å². The summed E-state index contributed by atoms with van der Waals surface area (Å²) in [6, 6.07) is 8.36. The summed E-state index contributed by atoms with van der Waals surface area (Å²) in [5.74, 6) is 1.64. The lowest BCUT2D eigenvalue weighted by Crippen LogP contribution is -2.36. The highest BCUT2D eigenvalue weighted by Gasteiger charge is 2.22. The Kier molecular flexibility index (Phi) is 7.42. The average molecular weight is 373 g/mol. The van der Waals surface area contributed by atoms with Gasteiger partial charge in [-0.3, -0.25) is 9.69 Å². The number of methoxy groups -OCH3 is 1. The highest BCUT2D eigenvalue weighted by Crippen LogP contribution is 2.23. The van der Waals surface area contributed by atoms with Crippen molar-refractivity contribution in [3.63, 3.8) is 0 Å². The number of hydrogen-bond donors (Lipinski definition) is 1. The Morgan fingerprint density at radius 1 is 1.19 bits per heavy atom. The van der Waals surface area contributed by atoms with Gasteiger partial charge in [-0.1, -0.05) is 32.0 Å². The minimum Gasteiger partial charge on any atom is -0.496 e. The van der Waals surface area contributed by atoms with Crippen LogP contribution in [0.1, 0.15) is 56.6 Å². The van der Waals surface area contributed by atoms with Crippen molar-refractivity contribution >= 4 is 5.91 Å². The van der Waals surface area contributed by atoms with Crippen LogP contribution in [0.4, 0.5) is 0 Å². The maximum atomic E-state index is 12.1. The van der Waals surface area contributed by atoms with E-state index < -0.39 is 0 Å². The molecule has 0 bridgehead atoms. The second-order valence-electron chi connectivity index (χ2n) is 7.46. The fourth-order valence-corrected chi connectivity index (χ4v) is 2.82. The van der Waals surface area contributed by atoms with E-state index in [1.165, 1.54) is 6.26 Å². The number of carbonyl (C=O) groups excluding carboxylic acids is 1. The number of aromatic nitrogens is 1. The van der Waals surface area contributed by atoms with Gasteiger partial charge in [0, 0.05) is 24.2 Å². The Bertz CT molecular complexity index is 740. The molecule has 0 fully saturated rings. The lowest BCUT2D eigenvalue weighted by molar-refractivity contribution is 0.0938. The molecule has 2 aromatic rings. The standard InChI is InChI=1S/C21H31N3O3/c1-14(2)16(5)24(11-17-9-7-8-10-19(17)26-6)12-20-23-18(13-27-20)21(25)22-15(3)4/h7-10,13-16H,11-12H2,1-6H3,(H,22,25). The van der Waals surface area contributed by atoms with Gasteiger partial charge >= 0.3 is 0 Å². The smallest absolute Gasteiger partial charge is 0.273 e. The molecule has 1 N–H and O–H groups in total. The van der Waals surface area contributed by atoms with Gasteiger partial charge in [0.2, 0.25) is 5.89 Å². The molecule has 6 heteroatoms. The quantitative estimate of drug-likeness (QED) is 0.723. The van der Waals surface area contributed by atoms with Crippen LogP contribution in [0.25, 0.3) is 0 Å². The van der Waals surface area contributed by atoms with Crippen molar-refractivity contribution in [2.24, 2.45) is 5.92 Å². The zero-order valence-corrected chi connectivity index (χ0v) is 17.2. The summed E-state index contributed by atoms with van der Waals surface area (Å²) in [5.41, 5.74) is 1.42. The Morgan fingerprint density at radius 3 is 2.52 bits per heavy atom. The van der Waals surface area contributed by atoms with Crippen LogP contribution in [0, 0.1) is 5.92 Å². The number of nitrogens with zero attached hydrogens (tertiary/aromatic N) is 2. The van der Waals surface area contributed by atoms with E-state index in [0.29, 0.717) is 36.6 Å². The highest BCUT2D eigenvalue weighted by atomic mass is 16.5. The monoisotopic (exact) mass is 373 g/mol. The van der Waals surface area contributed by atoms with E-state index in [-0.39, 0.29) is 11.9 Å². The number of hydrogen-bond acceptors (Lipinski definition) is 5. The van der Waals surface area contributed by atoms with Crippen LogP contribution >= 0.6 is 0 Å². The summed E-state index contributed by atoms with van der Waals surface area (Å²) >= 11 is 0. The number of nitrogens with one attached hydrogen (secondary N) is 1. The molecule has 0 aliphatic carbocycles. The summed E-state index contributed by atoms with van der Waals surface area (Å²) in [4.78, 5) is 18.8. The maximum absolute atomic E-state index is 12.1. The largest absolute Gasteiger partial charge is 0.496 e. The zero-order valence-electron chi connectivity index (χ0n) is 17.2. The van der Waals surface area contributed by atoms with Crippen LogP contribution in [-0.4, -0.2) is 35.0 Å². The van der Waals surface area contributed by atoms with Gasteiger partial charge in [0.15, 0.2) is 5.69 Å². The van der Waals surface area contributed by atoms with E-state index in [2.05, 4.69) is 42.0 Å². The predicted octanol–water partition coefficient (Wildman–Crippen LogP) is 3.87. The molecule has 0 saturated heterocycles. The first-order valence-electron chi connectivity index (χ1n) is 9.43. The number of ether oxygens (including phenoxy) is 1. The molecule has 1 amide bonds. The summed E-state index contributed by atoms with van der Waals surface area (Å²) in [6.45, 7) is 11.6. The summed E-state index contributed by atoms with van der Waals surface area (Å²) in [6.07, 6.45) is 1.42. The molecule has 148 valence electrons. The first-order valence-corrected chi connectivity index (χ1v) is 9.43. The van der Waals surface area contributed by atoms with Gasteiger partial charge in [0.25, 0.3) is 5.91 Å². The van der Waals surface area contributed by atoms with Crippen molar-refractivity contribution in [3.8, 4) is 5.75 Å². The molecule has 0 aliphatic heterocycles. The Balaban J connectivity index is 2.18. The molecule has 6 nitrogen and oxygen atoms in total. The van der Waals surface area contributed by atoms with Crippen LogP contribution in [0.15, 0.2) is 34.9 Å². The third kappa shape index (κ3) is 5.82. The molecule has 0 spiro atoms. The Hall–Kier alpha value is -2.34. The van der Waals surface area contributed by atoms with Gasteiger partial charge in [0.1, 0.15) is 12.0 Å². The molecule has 0 radical (unpaired) electrons. The molecule has 0 aliphatic rings. The third-order valence-electron chi connectivity index (χ3n) is 4.65. The Labute approximate surface area is 161 Å². The summed E-state index contributed by atoms with van der Waals surface area (Å²) < 4.78 is 11.1. The maximum Gasteiger partial charge on any atom is 0.273 e. The van der Waals surface area contributed by atoms with Crippen LogP contribution in [0.2, 0.25) is 0 Å². The van der Waals surface area contributed by atoms with Crippen molar-refractivity contribution in [1.29, 1.82) is 0 Å². The number of para-hydroxylation sites is 1. The van der Waals surface area contributed by atoms with Crippen molar-refractivity contribution in [2.45, 2.75) is 59.8 Å². The minimum absolute atomic E-state index is 0.0562. The van der Waals surface area contributed by atoms with E-state index in [1.807, 2.05) is 32.0 Å². The predicted molar refractivity (Wildman–Crippen MR) is 106 cm³/mol. The second kappa shape index (κ2) is 9.55. The number of carbonyl (C=O) groups is 1. The van der Waals surface area contributed by atoms with Gasteiger partial charge in [-0.2, -0.15) is 0 Å². The van der Waals surface area contributed by atoms with Gasteiger partial charge in [-0.05, 0) is 32.8 Å². The molecule has 1 unspecified atom stereocenters. The topological polar surface area (TPSA) is 67.6 Å². The third-order valence-corrected chi connectivity index (χ3v) is 4.65. The zero-order chi connectivity index (χ0) is 20.0. The molecule has 27 heavy (non-hydrogen) atoms. The molecule has 1 atom stereocenters. The highest BCUT2D eigenvalue weighted by molar-refractivity contribution is 5.92. The normalized spacial score (nSPS) is 12.6. The van der Waals surface area contributed by atoms with Gasteiger partial charge in [-0.15, -0.1) is 0 Å². The van der Waals surface area contributed by atoms with Crippen LogP contribution in [-0.2, 0) is 13.1 Å². The number of rotatable bonds is 9. The summed E-state index contributed by atoms with van der Waals surface area (Å²) in [7, 11) is 1.68. The van der Waals surface area contributed by atoms with Crippen LogP contribution < -0.4 is 10.1 Å². The number of amides is 1. The van der Waals surface area contributed by atoms with Gasteiger partial charge in [-0.25, -0.2) is 4.98 Å². The Morgan fingerprint density at radius 2 is 1.89 bits per heavy atom. The molecular weight excluding hydrogens is 342 g/mol. The fraction of sp³-hybridized carbons (Fsp3) is 0.524. The molecule has 0 saturated carbocycles. The molecule has 1 aromatic heterocycles. The lowest BCUT2D eigenvalue weighted by Gasteiger charge is -2.31. The van der Waals surface area contributed by atoms with Gasteiger partial charge in [0.05, 0.1) is 13.7 Å². The van der Waals surface area contributed by atoms with Crippen molar-refractivity contribution in [3.05, 3.63) is 47.7 Å². The first-order chi connectivity index (χ1) is 12.8. The average Bonchev–Trinajstić information content (AvgIpc) is 3.09. The fourth-order valence-electron chi connectivity index (χ4n) is 2.82. The van der Waals surface area contributed by atoms with E-state index in [9.17, 15) is 4.79 Å². The SMILES string of the molecule is COc1ccccc1CN(Cc1nc(C(=O)NC(C)C)co1)C(C)C(C)C. The van der Waals surface area contributed by atoms with Crippen LogP contribution in [0.3, 0.4) is 0 Å². The molecular formula is C21H31N3O3. The van der Waals surface area contributed by atoms with E-state index in [0.717, 1.165) is 11.3 Å². The number of oxazole rings is 1. The first kappa shape index (κ1) is 21.0. The molecule has 1 aromatic carbocycles. The van der Waals surface area contributed by atoms with E-state index in [1.54, 1.807) is 7.11 Å². The van der Waals surface area contributed by atoms with Gasteiger partial charge < -0.3 is 14.5 Å². The lowest BCUT2D eigenvalue weighted by atomic mass is 10.0. The summed E-state index contributed by atoms with van der Waals surface area (Å²) in [5, 5.41) is 2.83. The number of benzene rings is 1. The molecule has 2 rings (SSSR count). The second-order valence-corrected chi connectivity index (χ2v) is 7.46. The van der Waals surface area contributed by atoms with Crippen molar-refractivity contribution < 1.29 is 13.9 Å².